The summed E-state index contributed by atoms with van der Waals surface area (Å²) in [5, 5.41) is 12.0. The Hall–Kier alpha value is -7.33. The number of benzene rings is 4. The quantitative estimate of drug-likeness (QED) is 0.101. The van der Waals surface area contributed by atoms with E-state index in [0.29, 0.717) is 39.5 Å². The number of aromatic amines is 1. The van der Waals surface area contributed by atoms with Gasteiger partial charge >= 0.3 is 0 Å². The van der Waals surface area contributed by atoms with Gasteiger partial charge in [0, 0.05) is 63.0 Å². The molecule has 0 aliphatic heterocycles. The van der Waals surface area contributed by atoms with E-state index in [-0.39, 0.29) is 23.4 Å². The fourth-order valence-corrected chi connectivity index (χ4v) is 5.30. The summed E-state index contributed by atoms with van der Waals surface area (Å²) in [5.41, 5.74) is 7.11. The lowest BCUT2D eigenvalue weighted by Crippen LogP contribution is -2.11. The van der Waals surface area contributed by atoms with Gasteiger partial charge in [0.2, 0.25) is 0 Å². The Morgan fingerprint density at radius 1 is 0.549 bits per heavy atom. The van der Waals surface area contributed by atoms with Crippen LogP contribution in [0.25, 0.3) is 22.4 Å². The highest BCUT2D eigenvalue weighted by molar-refractivity contribution is 6.08. The molecule has 0 saturated heterocycles. The summed E-state index contributed by atoms with van der Waals surface area (Å²) in [5.74, 6) is -0.0209. The Labute approximate surface area is 292 Å². The summed E-state index contributed by atoms with van der Waals surface area (Å²) in [6.07, 6.45) is 16.7. The summed E-state index contributed by atoms with van der Waals surface area (Å²) < 4.78 is 0. The van der Waals surface area contributed by atoms with Gasteiger partial charge in [0.1, 0.15) is 5.82 Å². The molecular weight excluding hydrogens is 640 g/mol. The van der Waals surface area contributed by atoms with Crippen molar-refractivity contribution in [3.8, 4) is 11.4 Å². The molecule has 0 bridgehead atoms. The van der Waals surface area contributed by atoms with E-state index in [4.69, 9.17) is 4.98 Å². The van der Waals surface area contributed by atoms with Crippen LogP contribution in [0.1, 0.15) is 20.7 Å². The number of anilines is 4. The first-order chi connectivity index (χ1) is 24.9. The SMILES string of the molecule is O=C1C=CC=CC1=CNc1ccc(C(=O)Nc2ccc(-c3nc4ccc(NC(=O)c5ccc(NC=C6C=CC=CC6=O)cc5)cc4[nH]3)cc2)cc1. The predicted octanol–water partition coefficient (Wildman–Crippen LogP) is 7.72. The van der Waals surface area contributed by atoms with E-state index in [1.54, 1.807) is 116 Å². The molecule has 248 valence electrons. The van der Waals surface area contributed by atoms with Crippen LogP contribution in [-0.2, 0) is 9.59 Å². The Balaban J connectivity index is 0.943. The highest BCUT2D eigenvalue weighted by Gasteiger charge is 2.12. The third-order valence-electron chi connectivity index (χ3n) is 8.08. The smallest absolute Gasteiger partial charge is 0.255 e. The number of ketones is 2. The van der Waals surface area contributed by atoms with Crippen LogP contribution in [0.4, 0.5) is 22.7 Å². The fourth-order valence-electron chi connectivity index (χ4n) is 5.30. The first-order valence-corrected chi connectivity index (χ1v) is 16.0. The Kier molecular flexibility index (Phi) is 9.12. The summed E-state index contributed by atoms with van der Waals surface area (Å²) >= 11 is 0. The summed E-state index contributed by atoms with van der Waals surface area (Å²) in [7, 11) is 0. The number of aromatic nitrogens is 2. The molecule has 10 nitrogen and oxygen atoms in total. The molecule has 1 heterocycles. The number of H-pyrrole nitrogens is 1. The van der Waals surface area contributed by atoms with E-state index in [0.717, 1.165) is 28.0 Å². The third kappa shape index (κ3) is 7.71. The molecule has 5 N–H and O–H groups in total. The van der Waals surface area contributed by atoms with Crippen molar-refractivity contribution in [2.75, 3.05) is 21.3 Å². The van der Waals surface area contributed by atoms with Crippen molar-refractivity contribution < 1.29 is 19.2 Å². The average molecular weight is 671 g/mol. The summed E-state index contributed by atoms with van der Waals surface area (Å²) in [6.45, 7) is 0. The monoisotopic (exact) mass is 670 g/mol. The van der Waals surface area contributed by atoms with Gasteiger partial charge in [-0.15, -0.1) is 0 Å². The number of nitrogens with one attached hydrogen (secondary N) is 5. The number of amides is 2. The van der Waals surface area contributed by atoms with Crippen molar-refractivity contribution in [3.63, 3.8) is 0 Å². The molecule has 0 saturated carbocycles. The highest BCUT2D eigenvalue weighted by Crippen LogP contribution is 2.25. The molecular formula is C41H30N6O4. The zero-order valence-electron chi connectivity index (χ0n) is 27.0. The molecule has 10 heteroatoms. The topological polar surface area (TPSA) is 145 Å². The Morgan fingerprint density at radius 3 is 1.55 bits per heavy atom. The number of nitrogens with zero attached hydrogens (tertiary/aromatic N) is 1. The number of carbonyl (C=O) groups excluding carboxylic acids is 4. The van der Waals surface area contributed by atoms with Crippen LogP contribution in [0.2, 0.25) is 0 Å². The maximum Gasteiger partial charge on any atom is 0.255 e. The normalized spacial score (nSPS) is 15.1. The summed E-state index contributed by atoms with van der Waals surface area (Å²) in [6, 6.07) is 26.7. The van der Waals surface area contributed by atoms with Crippen molar-refractivity contribution in [1.82, 2.24) is 9.97 Å². The van der Waals surface area contributed by atoms with E-state index in [1.807, 2.05) is 24.3 Å². The van der Waals surface area contributed by atoms with Crippen molar-refractivity contribution in [2.45, 2.75) is 0 Å². The van der Waals surface area contributed by atoms with Crippen molar-refractivity contribution in [1.29, 1.82) is 0 Å². The van der Waals surface area contributed by atoms with Gasteiger partial charge in [-0.2, -0.15) is 0 Å². The Bertz CT molecular complexity index is 2360. The van der Waals surface area contributed by atoms with Crippen molar-refractivity contribution in [2.24, 2.45) is 0 Å². The molecule has 2 amide bonds. The lowest BCUT2D eigenvalue weighted by atomic mass is 10.1. The first kappa shape index (κ1) is 32.2. The van der Waals surface area contributed by atoms with Crippen LogP contribution in [0.5, 0.6) is 0 Å². The Morgan fingerprint density at radius 2 is 1.02 bits per heavy atom. The first-order valence-electron chi connectivity index (χ1n) is 16.0. The third-order valence-corrected chi connectivity index (χ3v) is 8.08. The standard InChI is InChI=1S/C41H30N6O4/c48-37-7-3-1-5-29(37)24-42-31-15-11-27(12-16-31)40(50)44-33-19-9-26(10-20-33)39-46-35-22-21-34(23-36(35)47-39)45-41(51)28-13-17-32(18-14-28)43-25-30-6-2-4-8-38(30)49/h1-25,42-43H,(H,44,50)(H,45,51)(H,46,47). The van der Waals surface area contributed by atoms with Crippen LogP contribution in [0.3, 0.4) is 0 Å². The number of hydrogen-bond donors (Lipinski definition) is 5. The zero-order valence-corrected chi connectivity index (χ0v) is 27.0. The van der Waals surface area contributed by atoms with Crippen LogP contribution < -0.4 is 21.3 Å². The highest BCUT2D eigenvalue weighted by atomic mass is 16.2. The lowest BCUT2D eigenvalue weighted by molar-refractivity contribution is -0.111. The molecule has 2 aliphatic carbocycles. The molecule has 4 aromatic carbocycles. The predicted molar refractivity (Wildman–Crippen MR) is 200 cm³/mol. The second kappa shape index (κ2) is 14.4. The maximum absolute atomic E-state index is 13.0. The second-order valence-corrected chi connectivity index (χ2v) is 11.6. The molecule has 51 heavy (non-hydrogen) atoms. The minimum Gasteiger partial charge on any atom is -0.361 e. The molecule has 0 spiro atoms. The van der Waals surface area contributed by atoms with Gasteiger partial charge in [-0.3, -0.25) is 19.2 Å². The van der Waals surface area contributed by atoms with Crippen molar-refractivity contribution in [3.05, 3.63) is 174 Å². The molecule has 0 fully saturated rings. The molecule has 0 unspecified atom stereocenters. The van der Waals surface area contributed by atoms with E-state index < -0.39 is 0 Å². The van der Waals surface area contributed by atoms with Gasteiger partial charge in [-0.25, -0.2) is 4.98 Å². The maximum atomic E-state index is 13.0. The van der Waals surface area contributed by atoms with Gasteiger partial charge in [0.05, 0.1) is 11.0 Å². The van der Waals surface area contributed by atoms with Crippen LogP contribution >= 0.6 is 0 Å². The fraction of sp³-hybridized carbons (Fsp3) is 0. The molecule has 0 radical (unpaired) electrons. The number of rotatable bonds is 9. The number of imidazole rings is 1. The number of hydrogen-bond acceptors (Lipinski definition) is 7. The molecule has 2 aliphatic rings. The zero-order chi connectivity index (χ0) is 35.2. The van der Waals surface area contributed by atoms with E-state index in [2.05, 4.69) is 26.3 Å². The van der Waals surface area contributed by atoms with E-state index in [1.165, 1.54) is 12.2 Å². The largest absolute Gasteiger partial charge is 0.361 e. The summed E-state index contributed by atoms with van der Waals surface area (Å²) in [4.78, 5) is 57.6. The van der Waals surface area contributed by atoms with Crippen LogP contribution in [0, 0.1) is 0 Å². The molecule has 7 rings (SSSR count). The van der Waals surface area contributed by atoms with Crippen LogP contribution in [0.15, 0.2) is 163 Å². The van der Waals surface area contributed by atoms with Crippen LogP contribution in [-0.4, -0.2) is 33.3 Å². The van der Waals surface area contributed by atoms with Gasteiger partial charge in [0.15, 0.2) is 11.6 Å². The lowest BCUT2D eigenvalue weighted by Gasteiger charge is -2.08. The van der Waals surface area contributed by atoms with Gasteiger partial charge in [-0.05, 0) is 115 Å². The van der Waals surface area contributed by atoms with E-state index in [9.17, 15) is 19.2 Å². The van der Waals surface area contributed by atoms with Gasteiger partial charge in [-0.1, -0.05) is 24.3 Å². The molecule has 5 aromatic rings. The molecule has 0 atom stereocenters. The minimum absolute atomic E-state index is 0.0725. The van der Waals surface area contributed by atoms with Gasteiger partial charge in [0.25, 0.3) is 11.8 Å². The minimum atomic E-state index is -0.264. The molecule has 1 aromatic heterocycles. The average Bonchev–Trinajstić information content (AvgIpc) is 3.58. The van der Waals surface area contributed by atoms with Crippen molar-refractivity contribution >= 4 is 57.2 Å². The number of carbonyl (C=O) groups is 4. The van der Waals surface area contributed by atoms with E-state index >= 15 is 0 Å². The van der Waals surface area contributed by atoms with Gasteiger partial charge < -0.3 is 26.3 Å². The second-order valence-electron chi connectivity index (χ2n) is 11.6. The number of allylic oxidation sites excluding steroid dienone is 10. The number of fused-ring (bicyclic) bond motifs is 1.